The van der Waals surface area contributed by atoms with Crippen LogP contribution in [-0.2, 0) is 27.6 Å². The maximum atomic E-state index is 13.3. The summed E-state index contributed by atoms with van der Waals surface area (Å²) in [5.41, 5.74) is 2.79. The molecule has 4 heterocycles. The molecule has 1 aromatic carbocycles. The molecule has 0 fully saturated rings. The number of benzene rings is 1. The summed E-state index contributed by atoms with van der Waals surface area (Å²) in [6, 6.07) is 11.6. The smallest absolute Gasteiger partial charge is 0.295 e. The summed E-state index contributed by atoms with van der Waals surface area (Å²) in [6.45, 7) is 1.09. The number of aromatic amines is 1. The molecule has 0 spiro atoms. The number of imidazole rings is 1. The monoisotopic (exact) mass is 486 g/mol. The van der Waals surface area contributed by atoms with Gasteiger partial charge in [-0.05, 0) is 23.8 Å². The fourth-order valence-corrected chi connectivity index (χ4v) is 4.58. The van der Waals surface area contributed by atoms with E-state index in [0.717, 1.165) is 17.5 Å². The molecule has 0 bridgehead atoms. The van der Waals surface area contributed by atoms with Gasteiger partial charge in [-0.3, -0.25) is 0 Å². The number of ether oxygens (including phenoxy) is 1. The minimum atomic E-state index is -3.54. The number of rotatable bonds is 6. The third-order valence-corrected chi connectivity index (χ3v) is 6.45. The Morgan fingerprint density at radius 3 is 2.65 bits per heavy atom. The van der Waals surface area contributed by atoms with E-state index in [4.69, 9.17) is 4.74 Å². The second-order valence-electron chi connectivity index (χ2n) is 7.80. The van der Waals surface area contributed by atoms with Crippen molar-refractivity contribution in [3.05, 3.63) is 59.5 Å². The molecule has 5 rings (SSSR count). The Hall–Kier alpha value is -3.64. The van der Waals surface area contributed by atoms with Crippen molar-refractivity contribution in [2.75, 3.05) is 23.5 Å². The fourth-order valence-electron chi connectivity index (χ4n) is 3.74. The molecule has 9 nitrogen and oxygen atoms in total. The normalized spacial score (nSPS) is 13.8. The van der Waals surface area contributed by atoms with Gasteiger partial charge in [0.05, 0.1) is 35.2 Å². The van der Waals surface area contributed by atoms with Crippen molar-refractivity contribution in [2.24, 2.45) is 0 Å². The molecule has 0 atom stereocenters. The first-order valence-electron chi connectivity index (χ1n) is 10.4. The standard InChI is InChI=1S/C22H20F2N6O3S/c1-34(31,32)16-5-3-2-4-14(16)25-15-10-18(28-21-19(15)29-22(30-21)20(23)24)27-17-7-6-12-11-33-9-8-13(12)26-17/h2-7,10,20H,8-9,11H2,1H3,(H3,25,26,27,28,29,30). The van der Waals surface area contributed by atoms with Gasteiger partial charge >= 0.3 is 0 Å². The van der Waals surface area contributed by atoms with Gasteiger partial charge < -0.3 is 20.4 Å². The average Bonchev–Trinajstić information content (AvgIpc) is 3.24. The Labute approximate surface area is 193 Å². The number of fused-ring (bicyclic) bond motifs is 2. The molecule has 1 aliphatic heterocycles. The molecule has 3 N–H and O–H groups in total. The zero-order valence-corrected chi connectivity index (χ0v) is 18.8. The maximum absolute atomic E-state index is 13.3. The van der Waals surface area contributed by atoms with Crippen LogP contribution in [0.25, 0.3) is 11.2 Å². The highest BCUT2D eigenvalue weighted by molar-refractivity contribution is 7.90. The number of anilines is 4. The zero-order valence-electron chi connectivity index (χ0n) is 18.0. The number of H-pyrrole nitrogens is 1. The van der Waals surface area contributed by atoms with Crippen LogP contribution in [0, 0.1) is 0 Å². The first-order valence-corrected chi connectivity index (χ1v) is 12.3. The number of pyridine rings is 2. The summed E-state index contributed by atoms with van der Waals surface area (Å²) >= 11 is 0. The van der Waals surface area contributed by atoms with Crippen molar-refractivity contribution in [1.29, 1.82) is 0 Å². The van der Waals surface area contributed by atoms with E-state index in [1.165, 1.54) is 6.07 Å². The van der Waals surface area contributed by atoms with E-state index >= 15 is 0 Å². The number of sulfone groups is 1. The van der Waals surface area contributed by atoms with Crippen molar-refractivity contribution >= 4 is 44.0 Å². The van der Waals surface area contributed by atoms with E-state index in [0.29, 0.717) is 37.0 Å². The Morgan fingerprint density at radius 2 is 1.85 bits per heavy atom. The summed E-state index contributed by atoms with van der Waals surface area (Å²) in [5, 5.41) is 6.13. The molecule has 0 saturated heterocycles. The maximum Gasteiger partial charge on any atom is 0.295 e. The van der Waals surface area contributed by atoms with E-state index < -0.39 is 22.1 Å². The van der Waals surface area contributed by atoms with Gasteiger partial charge in [-0.15, -0.1) is 0 Å². The van der Waals surface area contributed by atoms with Gasteiger partial charge in [0.15, 0.2) is 21.3 Å². The number of nitrogens with zero attached hydrogens (tertiary/aromatic N) is 3. The predicted molar refractivity (Wildman–Crippen MR) is 123 cm³/mol. The molecule has 3 aromatic heterocycles. The quantitative estimate of drug-likeness (QED) is 0.370. The largest absolute Gasteiger partial charge is 0.376 e. The van der Waals surface area contributed by atoms with Gasteiger partial charge in [0.2, 0.25) is 0 Å². The molecule has 34 heavy (non-hydrogen) atoms. The van der Waals surface area contributed by atoms with Gasteiger partial charge in [0.1, 0.15) is 17.2 Å². The van der Waals surface area contributed by atoms with Crippen LogP contribution in [0.3, 0.4) is 0 Å². The van der Waals surface area contributed by atoms with E-state index in [2.05, 4.69) is 30.6 Å². The molecule has 0 aliphatic carbocycles. The van der Waals surface area contributed by atoms with E-state index in [-0.39, 0.29) is 21.7 Å². The van der Waals surface area contributed by atoms with Crippen molar-refractivity contribution in [3.8, 4) is 0 Å². The van der Waals surface area contributed by atoms with Gasteiger partial charge in [0, 0.05) is 18.7 Å². The van der Waals surface area contributed by atoms with Crippen LogP contribution < -0.4 is 10.6 Å². The molecule has 0 amide bonds. The Morgan fingerprint density at radius 1 is 1.03 bits per heavy atom. The predicted octanol–water partition coefficient (Wildman–Crippen LogP) is 4.25. The highest BCUT2D eigenvalue weighted by atomic mass is 32.2. The van der Waals surface area contributed by atoms with Crippen molar-refractivity contribution in [3.63, 3.8) is 0 Å². The van der Waals surface area contributed by atoms with Crippen LogP contribution in [0.1, 0.15) is 23.5 Å². The third-order valence-electron chi connectivity index (χ3n) is 5.30. The molecule has 176 valence electrons. The summed E-state index contributed by atoms with van der Waals surface area (Å²) in [7, 11) is -3.54. The van der Waals surface area contributed by atoms with Crippen molar-refractivity contribution < 1.29 is 21.9 Å². The molecule has 12 heteroatoms. The molecule has 0 unspecified atom stereocenters. The van der Waals surface area contributed by atoms with Crippen LogP contribution in [0.15, 0.2) is 47.4 Å². The number of halogens is 2. The van der Waals surface area contributed by atoms with Crippen molar-refractivity contribution in [2.45, 2.75) is 24.3 Å². The van der Waals surface area contributed by atoms with Crippen LogP contribution in [0.4, 0.5) is 31.8 Å². The Balaban J connectivity index is 1.57. The molecule has 1 aliphatic rings. The average molecular weight is 487 g/mol. The number of hydrogen-bond acceptors (Lipinski definition) is 8. The number of alkyl halides is 2. The highest BCUT2D eigenvalue weighted by Crippen LogP contribution is 2.32. The molecule has 4 aromatic rings. The fraction of sp³-hybridized carbons (Fsp3) is 0.227. The number of hydrogen-bond donors (Lipinski definition) is 3. The number of aromatic nitrogens is 4. The molecule has 0 saturated carbocycles. The first kappa shape index (κ1) is 22.2. The lowest BCUT2D eigenvalue weighted by Crippen LogP contribution is -2.12. The minimum absolute atomic E-state index is 0.0673. The Bertz CT molecular complexity index is 1490. The Kier molecular flexibility index (Phi) is 5.62. The second kappa shape index (κ2) is 8.61. The number of para-hydroxylation sites is 1. The van der Waals surface area contributed by atoms with Crippen LogP contribution in [-0.4, -0.2) is 41.2 Å². The summed E-state index contributed by atoms with van der Waals surface area (Å²) in [4.78, 5) is 15.5. The number of nitrogens with one attached hydrogen (secondary N) is 3. The lowest BCUT2D eigenvalue weighted by molar-refractivity contribution is 0.109. The van der Waals surface area contributed by atoms with Crippen LogP contribution in [0.5, 0.6) is 0 Å². The lowest BCUT2D eigenvalue weighted by Gasteiger charge is -2.17. The summed E-state index contributed by atoms with van der Waals surface area (Å²) in [5.74, 6) is 0.311. The van der Waals surface area contributed by atoms with E-state index in [1.807, 2.05) is 6.07 Å². The topological polar surface area (TPSA) is 122 Å². The lowest BCUT2D eigenvalue weighted by atomic mass is 10.1. The van der Waals surface area contributed by atoms with E-state index in [1.54, 1.807) is 30.3 Å². The first-order chi connectivity index (χ1) is 16.3. The van der Waals surface area contributed by atoms with Gasteiger partial charge in [-0.2, -0.15) is 0 Å². The van der Waals surface area contributed by atoms with Gasteiger partial charge in [-0.25, -0.2) is 32.2 Å². The zero-order chi connectivity index (χ0) is 23.9. The highest BCUT2D eigenvalue weighted by Gasteiger charge is 2.20. The molecular weight excluding hydrogens is 466 g/mol. The summed E-state index contributed by atoms with van der Waals surface area (Å²) in [6.07, 6.45) is -1.05. The third kappa shape index (κ3) is 4.41. The minimum Gasteiger partial charge on any atom is -0.376 e. The van der Waals surface area contributed by atoms with Crippen LogP contribution in [0.2, 0.25) is 0 Å². The molecule has 0 radical (unpaired) electrons. The van der Waals surface area contributed by atoms with E-state index in [9.17, 15) is 17.2 Å². The molecular formula is C22H20F2N6O3S. The second-order valence-corrected chi connectivity index (χ2v) is 9.78. The summed E-state index contributed by atoms with van der Waals surface area (Å²) < 4.78 is 56.6. The van der Waals surface area contributed by atoms with Gasteiger partial charge in [0.25, 0.3) is 6.43 Å². The van der Waals surface area contributed by atoms with Crippen molar-refractivity contribution in [1.82, 2.24) is 19.9 Å². The SMILES string of the molecule is CS(=O)(=O)c1ccccc1Nc1cc(Nc2ccc3c(n2)CCOC3)nc2[nH]c(C(F)F)nc12. The van der Waals surface area contributed by atoms with Gasteiger partial charge in [-0.1, -0.05) is 18.2 Å². The van der Waals surface area contributed by atoms with Crippen LogP contribution >= 0.6 is 0 Å².